The minimum Gasteiger partial charge on any atom is -0.432 e. The van der Waals surface area contributed by atoms with Gasteiger partial charge in [-0.2, -0.15) is 0 Å². The Bertz CT molecular complexity index is 375. The number of rotatable bonds is 6. The van der Waals surface area contributed by atoms with Crippen molar-refractivity contribution >= 4 is 12.1 Å². The Balaban J connectivity index is 2.18. The third-order valence-electron chi connectivity index (χ3n) is 1.94. The molecule has 1 aromatic rings. The maximum Gasteiger partial charge on any atom is 0.543 e. The highest BCUT2D eigenvalue weighted by Crippen LogP contribution is 2.02. The van der Waals surface area contributed by atoms with Crippen LogP contribution in [0, 0.1) is 0 Å². The third kappa shape index (κ3) is 5.31. The fraction of sp³-hybridized carbons (Fsp3) is 0.333. The summed E-state index contributed by atoms with van der Waals surface area (Å²) in [5.74, 6) is -0.767. The van der Waals surface area contributed by atoms with Crippen molar-refractivity contribution in [2.75, 3.05) is 6.61 Å². The number of ether oxygens (including phenoxy) is 1. The van der Waals surface area contributed by atoms with Gasteiger partial charge in [0.1, 0.15) is 0 Å². The van der Waals surface area contributed by atoms with E-state index in [1.165, 1.54) is 12.1 Å². The average Bonchev–Trinajstić information content (AvgIpc) is 2.40. The fourth-order valence-electron chi connectivity index (χ4n) is 1.02. The summed E-state index contributed by atoms with van der Waals surface area (Å²) in [4.78, 5) is 30.5. The van der Waals surface area contributed by atoms with E-state index in [1.807, 2.05) is 6.92 Å². The van der Waals surface area contributed by atoms with E-state index in [2.05, 4.69) is 19.6 Å². The Morgan fingerprint density at radius 2 is 1.83 bits per heavy atom. The lowest BCUT2D eigenvalue weighted by atomic mass is 10.2. The van der Waals surface area contributed by atoms with Gasteiger partial charge in [0.05, 0.1) is 17.2 Å². The molecular formula is C12H14O6. The molecule has 6 heteroatoms. The summed E-state index contributed by atoms with van der Waals surface area (Å²) in [6.07, 6.45) is 0.556. The Kier molecular flexibility index (Phi) is 6.27. The van der Waals surface area contributed by atoms with Gasteiger partial charge in [0.2, 0.25) is 0 Å². The smallest absolute Gasteiger partial charge is 0.432 e. The molecule has 0 spiro atoms. The quantitative estimate of drug-likeness (QED) is 0.336. The molecule has 6 nitrogen and oxygen atoms in total. The molecule has 0 heterocycles. The molecule has 18 heavy (non-hydrogen) atoms. The molecule has 1 rings (SSSR count). The normalized spacial score (nSPS) is 9.61. The molecule has 0 aliphatic heterocycles. The van der Waals surface area contributed by atoms with Crippen molar-refractivity contribution in [2.24, 2.45) is 0 Å². The lowest BCUT2D eigenvalue weighted by Crippen LogP contribution is -2.12. The first-order valence-corrected chi connectivity index (χ1v) is 5.51. The van der Waals surface area contributed by atoms with E-state index in [0.29, 0.717) is 0 Å². The summed E-state index contributed by atoms with van der Waals surface area (Å²) in [6.45, 7) is 2.18. The summed E-state index contributed by atoms with van der Waals surface area (Å²) in [5.41, 5.74) is 0.278. The van der Waals surface area contributed by atoms with Gasteiger partial charge in [0.15, 0.2) is 0 Å². The Morgan fingerprint density at radius 1 is 1.11 bits per heavy atom. The van der Waals surface area contributed by atoms with E-state index in [0.717, 1.165) is 12.8 Å². The van der Waals surface area contributed by atoms with E-state index in [4.69, 9.17) is 0 Å². The molecule has 0 fully saturated rings. The van der Waals surface area contributed by atoms with Crippen LogP contribution in [-0.2, 0) is 19.6 Å². The number of benzene rings is 1. The highest BCUT2D eigenvalue weighted by atomic mass is 17.5. The number of hydrogen-bond donors (Lipinski definition) is 0. The van der Waals surface area contributed by atoms with Crippen LogP contribution in [0.4, 0.5) is 4.79 Å². The molecule has 0 saturated heterocycles. The predicted octanol–water partition coefficient (Wildman–Crippen LogP) is 2.64. The minimum absolute atomic E-state index is 0.228. The number of unbranched alkanes of at least 4 members (excludes halogenated alkanes) is 1. The van der Waals surface area contributed by atoms with Gasteiger partial charge in [-0.25, -0.2) is 14.5 Å². The van der Waals surface area contributed by atoms with Crippen LogP contribution in [0.1, 0.15) is 30.1 Å². The Hall–Kier alpha value is -2.08. The maximum atomic E-state index is 11.3. The van der Waals surface area contributed by atoms with Crippen molar-refractivity contribution in [3.63, 3.8) is 0 Å². The van der Waals surface area contributed by atoms with E-state index in [1.54, 1.807) is 18.2 Å². The van der Waals surface area contributed by atoms with Crippen LogP contribution in [0.3, 0.4) is 0 Å². The Morgan fingerprint density at radius 3 is 2.50 bits per heavy atom. The summed E-state index contributed by atoms with van der Waals surface area (Å²) >= 11 is 0. The molecule has 0 saturated carbocycles. The molecular weight excluding hydrogens is 240 g/mol. The standard InChI is InChI=1S/C12H14O6/c1-2-3-9-15-12(14)17-18-16-11(13)10-7-5-4-6-8-10/h4-8H,2-3,9H2,1H3. The highest BCUT2D eigenvalue weighted by Gasteiger charge is 2.11. The van der Waals surface area contributed by atoms with E-state index < -0.39 is 12.1 Å². The van der Waals surface area contributed by atoms with Crippen molar-refractivity contribution < 1.29 is 29.1 Å². The van der Waals surface area contributed by atoms with Crippen LogP contribution < -0.4 is 0 Å². The van der Waals surface area contributed by atoms with Crippen molar-refractivity contribution in [3.05, 3.63) is 35.9 Å². The largest absolute Gasteiger partial charge is 0.543 e. The zero-order valence-electron chi connectivity index (χ0n) is 9.96. The van der Waals surface area contributed by atoms with Crippen LogP contribution in [-0.4, -0.2) is 18.7 Å². The SMILES string of the molecule is CCCCOC(=O)OOOC(=O)c1ccccc1. The van der Waals surface area contributed by atoms with Crippen molar-refractivity contribution in [2.45, 2.75) is 19.8 Å². The maximum absolute atomic E-state index is 11.3. The second-order valence-electron chi connectivity index (χ2n) is 3.34. The molecule has 0 bridgehead atoms. The molecule has 98 valence electrons. The second kappa shape index (κ2) is 8.08. The number of carbonyl (C=O) groups excluding carboxylic acids is 2. The topological polar surface area (TPSA) is 71.1 Å². The van der Waals surface area contributed by atoms with Crippen molar-refractivity contribution in [1.82, 2.24) is 0 Å². The number of carbonyl (C=O) groups is 2. The van der Waals surface area contributed by atoms with Gasteiger partial charge in [-0.3, -0.25) is 4.89 Å². The highest BCUT2D eigenvalue weighted by molar-refractivity contribution is 5.88. The second-order valence-corrected chi connectivity index (χ2v) is 3.34. The number of hydrogen-bond acceptors (Lipinski definition) is 6. The van der Waals surface area contributed by atoms with E-state index in [9.17, 15) is 9.59 Å². The lowest BCUT2D eigenvalue weighted by Gasteiger charge is -2.03. The van der Waals surface area contributed by atoms with Gasteiger partial charge in [0.25, 0.3) is 0 Å². The van der Waals surface area contributed by atoms with Crippen molar-refractivity contribution in [3.8, 4) is 0 Å². The van der Waals surface area contributed by atoms with Crippen LogP contribution >= 0.6 is 0 Å². The van der Waals surface area contributed by atoms with Crippen LogP contribution in [0.2, 0.25) is 0 Å². The van der Waals surface area contributed by atoms with E-state index >= 15 is 0 Å². The predicted molar refractivity (Wildman–Crippen MR) is 60.3 cm³/mol. The van der Waals surface area contributed by atoms with Crippen LogP contribution in [0.5, 0.6) is 0 Å². The van der Waals surface area contributed by atoms with Gasteiger partial charge in [-0.05, 0) is 18.6 Å². The van der Waals surface area contributed by atoms with E-state index in [-0.39, 0.29) is 12.2 Å². The molecule has 0 aliphatic rings. The summed E-state index contributed by atoms with van der Waals surface area (Å²) in [7, 11) is 0. The molecule has 0 amide bonds. The van der Waals surface area contributed by atoms with Gasteiger partial charge in [-0.1, -0.05) is 31.5 Å². The first kappa shape index (κ1) is 14.0. The van der Waals surface area contributed by atoms with Gasteiger partial charge in [-0.15, -0.1) is 0 Å². The molecule has 0 aromatic heterocycles. The third-order valence-corrected chi connectivity index (χ3v) is 1.94. The summed E-state index contributed by atoms with van der Waals surface area (Å²) in [6, 6.07) is 8.14. The lowest BCUT2D eigenvalue weighted by molar-refractivity contribution is -0.452. The summed E-state index contributed by atoms with van der Waals surface area (Å²) in [5, 5.41) is 4.02. The monoisotopic (exact) mass is 254 g/mol. The fourth-order valence-corrected chi connectivity index (χ4v) is 1.02. The zero-order valence-corrected chi connectivity index (χ0v) is 9.96. The summed E-state index contributed by atoms with van der Waals surface area (Å²) < 4.78 is 4.59. The van der Waals surface area contributed by atoms with Crippen LogP contribution in [0.15, 0.2) is 30.3 Å². The molecule has 0 radical (unpaired) electrons. The van der Waals surface area contributed by atoms with Gasteiger partial charge < -0.3 is 4.74 Å². The average molecular weight is 254 g/mol. The first-order chi connectivity index (χ1) is 8.74. The van der Waals surface area contributed by atoms with Crippen LogP contribution in [0.25, 0.3) is 0 Å². The molecule has 0 aliphatic carbocycles. The van der Waals surface area contributed by atoms with Gasteiger partial charge in [0, 0.05) is 0 Å². The van der Waals surface area contributed by atoms with Gasteiger partial charge >= 0.3 is 12.1 Å². The Labute approximate surface area is 104 Å². The molecule has 1 aromatic carbocycles. The first-order valence-electron chi connectivity index (χ1n) is 5.51. The molecule has 0 atom stereocenters. The zero-order chi connectivity index (χ0) is 13.2. The van der Waals surface area contributed by atoms with Crippen molar-refractivity contribution in [1.29, 1.82) is 0 Å². The molecule has 0 N–H and O–H groups in total. The minimum atomic E-state index is -1.05. The molecule has 0 unspecified atom stereocenters.